The van der Waals surface area contributed by atoms with Gasteiger partial charge in [0.05, 0.1) is 0 Å². The van der Waals surface area contributed by atoms with Crippen LogP contribution in [-0.4, -0.2) is 19.6 Å². The fourth-order valence-corrected chi connectivity index (χ4v) is 8.87. The normalized spacial score (nSPS) is 12.7. The molecule has 2 heterocycles. The van der Waals surface area contributed by atoms with Crippen molar-refractivity contribution in [2.75, 3.05) is 4.90 Å². The Morgan fingerprint density at radius 2 is 0.909 bits per heavy atom. The Bertz CT molecular complexity index is 2020. The van der Waals surface area contributed by atoms with Crippen molar-refractivity contribution in [3.63, 3.8) is 0 Å². The molecule has 0 aliphatic carbocycles. The van der Waals surface area contributed by atoms with Crippen LogP contribution in [0.3, 0.4) is 0 Å². The zero-order valence-corrected chi connectivity index (χ0v) is 34.1. The van der Waals surface area contributed by atoms with Gasteiger partial charge in [0.1, 0.15) is 0 Å². The van der Waals surface area contributed by atoms with Gasteiger partial charge < -0.3 is 24.5 Å². The molecule has 0 atom stereocenters. The van der Waals surface area contributed by atoms with Gasteiger partial charge in [-0.05, 0) is 102 Å². The van der Waals surface area contributed by atoms with Crippen molar-refractivity contribution in [2.45, 2.75) is 77.6 Å². The summed E-state index contributed by atoms with van der Waals surface area (Å²) in [7, 11) is -9.91. The molecule has 7 nitrogen and oxygen atoms in total. The number of nitrogens with zero attached hydrogens (tertiary/aromatic N) is 1. The van der Waals surface area contributed by atoms with Gasteiger partial charge in [-0.15, -0.1) is 22.7 Å². The first-order valence-corrected chi connectivity index (χ1v) is 23.3. The number of benzene rings is 3. The molecule has 292 valence electrons. The van der Waals surface area contributed by atoms with Crippen LogP contribution in [0.4, 0.5) is 25.8 Å². The highest BCUT2D eigenvalue weighted by Crippen LogP contribution is 2.48. The van der Waals surface area contributed by atoms with Crippen LogP contribution in [0.5, 0.6) is 0 Å². The third kappa shape index (κ3) is 12.8. The van der Waals surface area contributed by atoms with Crippen molar-refractivity contribution >= 4 is 67.1 Å². The molecule has 0 bridgehead atoms. The van der Waals surface area contributed by atoms with E-state index in [0.29, 0.717) is 9.75 Å². The fraction of sp³-hybridized carbons (Fsp3) is 0.286. The lowest BCUT2D eigenvalue weighted by molar-refractivity contribution is 0.367. The Hall–Kier alpha value is -3.50. The average Bonchev–Trinajstić information content (AvgIpc) is 3.83. The van der Waals surface area contributed by atoms with Crippen LogP contribution in [0.1, 0.15) is 86.4 Å². The third-order valence-electron chi connectivity index (χ3n) is 9.17. The second-order valence-corrected chi connectivity index (χ2v) is 18.7. The Kier molecular flexibility index (Phi) is 15.6. The molecule has 55 heavy (non-hydrogen) atoms. The number of hydrogen-bond acceptors (Lipinski definition) is 5. The topological polar surface area (TPSA) is 118 Å². The van der Waals surface area contributed by atoms with E-state index < -0.39 is 26.3 Å². The van der Waals surface area contributed by atoms with Crippen molar-refractivity contribution in [3.05, 3.63) is 124 Å². The molecule has 0 aliphatic rings. The van der Waals surface area contributed by atoms with Gasteiger partial charge in [0.15, 0.2) is 0 Å². The highest BCUT2D eigenvalue weighted by atomic mass is 32.1. The highest BCUT2D eigenvalue weighted by molar-refractivity contribution is 7.56. The second-order valence-electron chi connectivity index (χ2n) is 13.5. The summed E-state index contributed by atoms with van der Waals surface area (Å²) in [6.45, 7) is 2.25. The predicted molar refractivity (Wildman–Crippen MR) is 226 cm³/mol. The van der Waals surface area contributed by atoms with Crippen LogP contribution in [0.25, 0.3) is 33.0 Å². The quantitative estimate of drug-likeness (QED) is 0.0456. The smallest absolute Gasteiger partial charge is 0.319 e. The standard InChI is InChI=1S/C42H47F2NO6P2S2/c1-2-3-4-5-6-7-8-9-10-11-12-31-13-19-34(20-14-31)45(35-21-15-32(16-22-35)39-27-25-37(54-39)29-41(43)52(46,47)48)36-23-17-33(18-24-36)40-28-26-38(55-40)30-42(44)53(49,50)51/h13-30H,2-12H2,1H3,(H2,46,47,48)(H2,49,50,51). The van der Waals surface area contributed by atoms with Crippen LogP contribution in [0.2, 0.25) is 0 Å². The van der Waals surface area contributed by atoms with Gasteiger partial charge in [0, 0.05) is 36.6 Å². The monoisotopic (exact) mass is 825 g/mol. The number of rotatable bonds is 20. The zero-order valence-electron chi connectivity index (χ0n) is 30.7. The first kappa shape index (κ1) is 42.6. The molecule has 0 radical (unpaired) electrons. The molecule has 0 saturated carbocycles. The van der Waals surface area contributed by atoms with E-state index in [2.05, 4.69) is 36.1 Å². The van der Waals surface area contributed by atoms with Crippen molar-refractivity contribution in [3.8, 4) is 20.9 Å². The molecule has 13 heteroatoms. The first-order valence-electron chi connectivity index (χ1n) is 18.5. The molecule has 0 saturated heterocycles. The summed E-state index contributed by atoms with van der Waals surface area (Å²) in [5.41, 5.74) is 2.80. The summed E-state index contributed by atoms with van der Waals surface area (Å²) in [5.74, 6) is 0. The van der Waals surface area contributed by atoms with Gasteiger partial charge in [-0.1, -0.05) is 101 Å². The number of thiophene rings is 2. The molecule has 4 N–H and O–H groups in total. The molecule has 2 aromatic heterocycles. The number of anilines is 3. The van der Waals surface area contributed by atoms with Crippen LogP contribution < -0.4 is 4.90 Å². The van der Waals surface area contributed by atoms with Gasteiger partial charge in [-0.3, -0.25) is 9.13 Å². The zero-order chi connectivity index (χ0) is 39.4. The van der Waals surface area contributed by atoms with Gasteiger partial charge in [-0.25, -0.2) is 0 Å². The Morgan fingerprint density at radius 1 is 0.545 bits per heavy atom. The summed E-state index contributed by atoms with van der Waals surface area (Å²) < 4.78 is 50.4. The van der Waals surface area contributed by atoms with Gasteiger partial charge in [-0.2, -0.15) is 8.78 Å². The summed E-state index contributed by atoms with van der Waals surface area (Å²) >= 11 is 2.45. The molecular formula is C42H47F2NO6P2S2. The SMILES string of the molecule is CCCCCCCCCCCCc1ccc(N(c2ccc(-c3ccc(C=C(F)P(=O)(O)O)s3)cc2)c2ccc(-c3ccc(C=C(F)P(=O)(O)O)s3)cc2)cc1. The maximum absolute atomic E-state index is 13.9. The van der Waals surface area contributed by atoms with Crippen molar-refractivity contribution < 1.29 is 37.5 Å². The molecule has 3 aromatic carbocycles. The predicted octanol–water partition coefficient (Wildman–Crippen LogP) is 14.0. The van der Waals surface area contributed by atoms with E-state index in [-0.39, 0.29) is 0 Å². The second kappa shape index (κ2) is 20.1. The minimum absolute atomic E-state index is 0.389. The minimum Gasteiger partial charge on any atom is -0.319 e. The Labute approximate surface area is 330 Å². The van der Waals surface area contributed by atoms with Crippen LogP contribution in [0.15, 0.2) is 108 Å². The lowest BCUT2D eigenvalue weighted by atomic mass is 10.0. The summed E-state index contributed by atoms with van der Waals surface area (Å²) in [5, 5.41) is 0. The fourth-order valence-electron chi connectivity index (χ4n) is 6.20. The van der Waals surface area contributed by atoms with E-state index in [4.69, 9.17) is 19.6 Å². The van der Waals surface area contributed by atoms with E-state index in [0.717, 1.165) is 62.9 Å². The van der Waals surface area contributed by atoms with E-state index in [1.54, 1.807) is 24.3 Å². The molecule has 5 rings (SSSR count). The maximum atomic E-state index is 13.9. The average molecular weight is 826 g/mol. The number of hydrogen-bond donors (Lipinski definition) is 4. The Morgan fingerprint density at radius 3 is 1.29 bits per heavy atom. The van der Waals surface area contributed by atoms with Gasteiger partial charge in [0.2, 0.25) is 11.1 Å². The molecule has 0 aliphatic heterocycles. The molecular weight excluding hydrogens is 779 g/mol. The van der Waals surface area contributed by atoms with Crippen molar-refractivity contribution in [1.29, 1.82) is 0 Å². The van der Waals surface area contributed by atoms with E-state index in [9.17, 15) is 17.9 Å². The molecule has 0 fully saturated rings. The highest BCUT2D eigenvalue weighted by Gasteiger charge is 2.22. The minimum atomic E-state index is -4.96. The molecule has 5 aromatic rings. The first-order chi connectivity index (χ1) is 26.3. The van der Waals surface area contributed by atoms with E-state index >= 15 is 0 Å². The third-order valence-corrected chi connectivity index (χ3v) is 12.7. The van der Waals surface area contributed by atoms with Crippen LogP contribution in [0, 0.1) is 0 Å². The molecule has 0 amide bonds. The lowest BCUT2D eigenvalue weighted by Gasteiger charge is -2.26. The maximum Gasteiger partial charge on any atom is 0.384 e. The van der Waals surface area contributed by atoms with Crippen LogP contribution >= 0.6 is 37.9 Å². The lowest BCUT2D eigenvalue weighted by Crippen LogP contribution is -2.10. The summed E-state index contributed by atoms with van der Waals surface area (Å²) in [6.07, 6.45) is 15.7. The van der Waals surface area contributed by atoms with E-state index in [1.165, 1.54) is 86.0 Å². The number of halogens is 2. The van der Waals surface area contributed by atoms with E-state index in [1.807, 2.05) is 48.5 Å². The summed E-state index contributed by atoms with van der Waals surface area (Å²) in [4.78, 5) is 41.0. The van der Waals surface area contributed by atoms with Crippen LogP contribution in [-0.2, 0) is 15.6 Å². The van der Waals surface area contributed by atoms with Gasteiger partial charge >= 0.3 is 15.2 Å². The molecule has 0 spiro atoms. The largest absolute Gasteiger partial charge is 0.384 e. The van der Waals surface area contributed by atoms with Crippen molar-refractivity contribution in [2.24, 2.45) is 0 Å². The summed E-state index contributed by atoms with van der Waals surface area (Å²) in [6, 6.07) is 31.1. The van der Waals surface area contributed by atoms with Gasteiger partial charge in [0.25, 0.3) is 0 Å². The number of unbranched alkanes of at least 4 members (excludes halogenated alkanes) is 9. The number of aryl methyl sites for hydroxylation is 1. The molecule has 0 unspecified atom stereocenters. The Balaban J connectivity index is 1.33. The van der Waals surface area contributed by atoms with Crippen molar-refractivity contribution in [1.82, 2.24) is 0 Å².